The Hall–Kier alpha value is -3.10. The van der Waals surface area contributed by atoms with Gasteiger partial charge in [0.1, 0.15) is 5.82 Å². The first-order valence-electron chi connectivity index (χ1n) is 11.3. The molecule has 1 atom stereocenters. The fourth-order valence-corrected chi connectivity index (χ4v) is 4.27. The Morgan fingerprint density at radius 3 is 2.45 bits per heavy atom. The molecule has 1 fully saturated rings. The Morgan fingerprint density at radius 1 is 1.06 bits per heavy atom. The van der Waals surface area contributed by atoms with Gasteiger partial charge in [0, 0.05) is 31.7 Å². The van der Waals surface area contributed by atoms with Gasteiger partial charge in [-0.05, 0) is 42.3 Å². The molecule has 1 N–H and O–H groups in total. The zero-order valence-electron chi connectivity index (χ0n) is 18.7. The van der Waals surface area contributed by atoms with Gasteiger partial charge in [-0.3, -0.25) is 24.2 Å². The monoisotopic (exact) mass is 453 g/mol. The predicted molar refractivity (Wildman–Crippen MR) is 121 cm³/mol. The molecule has 1 unspecified atom stereocenters. The van der Waals surface area contributed by atoms with Gasteiger partial charge in [-0.1, -0.05) is 25.5 Å². The van der Waals surface area contributed by atoms with Crippen molar-refractivity contribution in [2.75, 3.05) is 39.4 Å². The molecule has 4 rings (SSSR count). The Kier molecular flexibility index (Phi) is 7.15. The number of hydrogen-bond acceptors (Lipinski definition) is 5. The molecule has 2 aliphatic heterocycles. The number of ether oxygens (including phenoxy) is 1. The van der Waals surface area contributed by atoms with E-state index in [-0.39, 0.29) is 35.1 Å². The topological polar surface area (TPSA) is 79.0 Å². The van der Waals surface area contributed by atoms with Gasteiger partial charge in [-0.25, -0.2) is 4.39 Å². The number of halogens is 1. The molecule has 0 aliphatic carbocycles. The summed E-state index contributed by atoms with van der Waals surface area (Å²) in [5.41, 5.74) is 1.84. The van der Waals surface area contributed by atoms with E-state index >= 15 is 0 Å². The van der Waals surface area contributed by atoms with Crippen LogP contribution in [0.4, 0.5) is 4.39 Å². The summed E-state index contributed by atoms with van der Waals surface area (Å²) in [6.45, 7) is 5.31. The van der Waals surface area contributed by atoms with Crippen LogP contribution >= 0.6 is 0 Å². The largest absolute Gasteiger partial charge is 0.379 e. The van der Waals surface area contributed by atoms with E-state index in [1.54, 1.807) is 24.3 Å². The fraction of sp³-hybridized carbons (Fsp3) is 0.400. The van der Waals surface area contributed by atoms with Crippen molar-refractivity contribution in [3.05, 3.63) is 70.5 Å². The highest BCUT2D eigenvalue weighted by atomic mass is 19.1. The summed E-state index contributed by atoms with van der Waals surface area (Å²) in [7, 11) is 0. The van der Waals surface area contributed by atoms with E-state index in [4.69, 9.17) is 4.74 Å². The van der Waals surface area contributed by atoms with Crippen molar-refractivity contribution in [2.45, 2.75) is 25.8 Å². The number of nitrogens with zero attached hydrogens (tertiary/aromatic N) is 2. The molecule has 8 heteroatoms. The third-order valence-electron chi connectivity index (χ3n) is 6.17. The number of fused-ring (bicyclic) bond motifs is 1. The van der Waals surface area contributed by atoms with Crippen LogP contribution in [-0.2, 0) is 4.74 Å². The number of unbranched alkanes of at least 4 members (excludes halogenated alkanes) is 1. The number of imide groups is 1. The molecule has 7 nitrogen and oxygen atoms in total. The summed E-state index contributed by atoms with van der Waals surface area (Å²) in [6.07, 6.45) is 1.62. The molecule has 1 saturated heterocycles. The normalized spacial score (nSPS) is 17.2. The van der Waals surface area contributed by atoms with Crippen molar-refractivity contribution in [3.63, 3.8) is 0 Å². The minimum atomic E-state index is -0.351. The van der Waals surface area contributed by atoms with Gasteiger partial charge in [0.05, 0.1) is 30.4 Å². The van der Waals surface area contributed by atoms with Crippen LogP contribution in [0, 0.1) is 5.82 Å². The molecule has 0 spiro atoms. The molecule has 33 heavy (non-hydrogen) atoms. The van der Waals surface area contributed by atoms with Gasteiger partial charge in [-0.15, -0.1) is 0 Å². The SMILES string of the molecule is CCCCN1C(=O)c2ccc(C(=O)NCC(c3ccc(F)cc3)N3CCOCC3)cc2C1=O. The van der Waals surface area contributed by atoms with Crippen molar-refractivity contribution in [1.82, 2.24) is 15.1 Å². The molecule has 2 aromatic rings. The molecule has 0 saturated carbocycles. The summed E-state index contributed by atoms with van der Waals surface area (Å²) >= 11 is 0. The molecule has 0 aromatic heterocycles. The minimum absolute atomic E-state index is 0.138. The maximum absolute atomic E-state index is 13.4. The lowest BCUT2D eigenvalue weighted by Crippen LogP contribution is -2.43. The van der Waals surface area contributed by atoms with E-state index in [0.717, 1.165) is 18.4 Å². The molecular weight excluding hydrogens is 425 g/mol. The van der Waals surface area contributed by atoms with Crippen molar-refractivity contribution >= 4 is 17.7 Å². The first-order valence-corrected chi connectivity index (χ1v) is 11.3. The standard InChI is InChI=1S/C25H28FN3O4/c1-2-3-10-29-24(31)20-9-6-18(15-21(20)25(29)32)23(30)27-16-22(28-11-13-33-14-12-28)17-4-7-19(26)8-5-17/h4-9,15,22H,2-3,10-14,16H2,1H3,(H,27,30). The Bertz CT molecular complexity index is 1030. The van der Waals surface area contributed by atoms with Crippen molar-refractivity contribution < 1.29 is 23.5 Å². The van der Waals surface area contributed by atoms with Crippen LogP contribution in [0.5, 0.6) is 0 Å². The summed E-state index contributed by atoms with van der Waals surface area (Å²) in [6, 6.07) is 10.8. The van der Waals surface area contributed by atoms with E-state index in [1.165, 1.54) is 23.1 Å². The molecule has 2 aliphatic rings. The third kappa shape index (κ3) is 4.96. The number of carbonyl (C=O) groups is 3. The van der Waals surface area contributed by atoms with Crippen molar-refractivity contribution in [2.24, 2.45) is 0 Å². The molecule has 2 aromatic carbocycles. The Morgan fingerprint density at radius 2 is 1.76 bits per heavy atom. The molecule has 174 valence electrons. The summed E-state index contributed by atoms with van der Waals surface area (Å²) in [4.78, 5) is 41.6. The van der Waals surface area contributed by atoms with Crippen LogP contribution in [-0.4, -0.2) is 66.9 Å². The highest BCUT2D eigenvalue weighted by Crippen LogP contribution is 2.25. The zero-order chi connectivity index (χ0) is 23.4. The van der Waals surface area contributed by atoms with Gasteiger partial charge in [0.2, 0.25) is 0 Å². The number of rotatable bonds is 8. The average Bonchev–Trinajstić information content (AvgIpc) is 3.08. The minimum Gasteiger partial charge on any atom is -0.379 e. The highest BCUT2D eigenvalue weighted by Gasteiger charge is 2.35. The third-order valence-corrected chi connectivity index (χ3v) is 6.17. The molecule has 2 heterocycles. The van der Waals surface area contributed by atoms with E-state index in [1.807, 2.05) is 6.92 Å². The van der Waals surface area contributed by atoms with Crippen LogP contribution in [0.15, 0.2) is 42.5 Å². The summed E-state index contributed by atoms with van der Waals surface area (Å²) in [5, 5.41) is 2.95. The molecule has 3 amide bonds. The smallest absolute Gasteiger partial charge is 0.261 e. The van der Waals surface area contributed by atoms with Crippen LogP contribution in [0.25, 0.3) is 0 Å². The Labute approximate surface area is 192 Å². The highest BCUT2D eigenvalue weighted by molar-refractivity contribution is 6.22. The zero-order valence-corrected chi connectivity index (χ0v) is 18.7. The van der Waals surface area contributed by atoms with E-state index in [9.17, 15) is 18.8 Å². The van der Waals surface area contributed by atoms with Crippen molar-refractivity contribution in [1.29, 1.82) is 0 Å². The lowest BCUT2D eigenvalue weighted by Gasteiger charge is -2.35. The number of nitrogens with one attached hydrogen (secondary N) is 1. The number of hydrogen-bond donors (Lipinski definition) is 1. The molecule has 0 bridgehead atoms. The quantitative estimate of drug-likeness (QED) is 0.622. The average molecular weight is 454 g/mol. The van der Waals surface area contributed by atoms with E-state index < -0.39 is 0 Å². The maximum atomic E-state index is 13.4. The van der Waals surface area contributed by atoms with Crippen LogP contribution < -0.4 is 5.32 Å². The molecular formula is C25H28FN3O4. The first kappa shape index (κ1) is 23.1. The Balaban J connectivity index is 1.48. The van der Waals surface area contributed by atoms with Gasteiger partial charge < -0.3 is 10.1 Å². The maximum Gasteiger partial charge on any atom is 0.261 e. The second-order valence-electron chi connectivity index (χ2n) is 8.30. The van der Waals surface area contributed by atoms with Gasteiger partial charge in [0.15, 0.2) is 0 Å². The number of carbonyl (C=O) groups excluding carboxylic acids is 3. The van der Waals surface area contributed by atoms with E-state index in [0.29, 0.717) is 50.5 Å². The number of amides is 3. The fourth-order valence-electron chi connectivity index (χ4n) is 4.27. The molecule has 0 radical (unpaired) electrons. The first-order chi connectivity index (χ1) is 16.0. The second-order valence-corrected chi connectivity index (χ2v) is 8.30. The summed E-state index contributed by atoms with van der Waals surface area (Å²) in [5.74, 6) is -1.30. The summed E-state index contributed by atoms with van der Waals surface area (Å²) < 4.78 is 18.9. The lowest BCUT2D eigenvalue weighted by molar-refractivity contribution is 0.0162. The van der Waals surface area contributed by atoms with E-state index in [2.05, 4.69) is 10.2 Å². The predicted octanol–water partition coefficient (Wildman–Crippen LogP) is 3.03. The van der Waals surface area contributed by atoms with Crippen molar-refractivity contribution in [3.8, 4) is 0 Å². The van der Waals surface area contributed by atoms with Gasteiger partial charge >= 0.3 is 0 Å². The van der Waals surface area contributed by atoms with Crippen LogP contribution in [0.3, 0.4) is 0 Å². The van der Waals surface area contributed by atoms with Gasteiger partial charge in [-0.2, -0.15) is 0 Å². The number of morpholine rings is 1. The van der Waals surface area contributed by atoms with Crippen LogP contribution in [0.1, 0.15) is 62.4 Å². The number of benzene rings is 2. The lowest BCUT2D eigenvalue weighted by atomic mass is 10.0. The second kappa shape index (κ2) is 10.2. The van der Waals surface area contributed by atoms with Crippen LogP contribution in [0.2, 0.25) is 0 Å². The van der Waals surface area contributed by atoms with Gasteiger partial charge in [0.25, 0.3) is 17.7 Å².